The summed E-state index contributed by atoms with van der Waals surface area (Å²) in [6.07, 6.45) is 11.8. The Labute approximate surface area is 175 Å². The molecule has 1 unspecified atom stereocenters. The maximum absolute atomic E-state index is 13.0. The monoisotopic (exact) mass is 406 g/mol. The second-order valence-corrected chi connectivity index (χ2v) is 7.91. The van der Waals surface area contributed by atoms with Gasteiger partial charge in [0.25, 0.3) is 5.91 Å². The van der Waals surface area contributed by atoms with Gasteiger partial charge in [0, 0.05) is 57.0 Å². The Hall–Kier alpha value is -3.26. The number of carbonyl (C=O) groups is 1. The zero-order valence-electron chi connectivity index (χ0n) is 17.1. The van der Waals surface area contributed by atoms with E-state index in [9.17, 15) is 9.90 Å². The molecule has 156 valence electrons. The predicted octanol–water partition coefficient (Wildman–Crippen LogP) is 1.82. The SMILES string of the molecule is CN(CC1(O)CCCN(c2cnccn2)C1)C(=O)c1cccc(Cn2ccnc2)c1. The summed E-state index contributed by atoms with van der Waals surface area (Å²) >= 11 is 0. The molecule has 8 nitrogen and oxygen atoms in total. The molecular formula is C22H26N6O2. The Morgan fingerprint density at radius 3 is 2.93 bits per heavy atom. The van der Waals surface area contributed by atoms with Crippen LogP contribution in [0.4, 0.5) is 5.82 Å². The first-order valence-electron chi connectivity index (χ1n) is 10.1. The van der Waals surface area contributed by atoms with Crippen molar-refractivity contribution in [2.75, 3.05) is 31.6 Å². The third kappa shape index (κ3) is 4.65. The molecule has 4 rings (SSSR count). The number of benzene rings is 1. The second kappa shape index (κ2) is 8.62. The number of amides is 1. The van der Waals surface area contributed by atoms with E-state index in [1.165, 1.54) is 0 Å². The van der Waals surface area contributed by atoms with Gasteiger partial charge in [-0.1, -0.05) is 12.1 Å². The highest BCUT2D eigenvalue weighted by Crippen LogP contribution is 2.25. The van der Waals surface area contributed by atoms with Crippen LogP contribution in [-0.4, -0.2) is 67.7 Å². The lowest BCUT2D eigenvalue weighted by Crippen LogP contribution is -2.54. The Balaban J connectivity index is 1.42. The van der Waals surface area contributed by atoms with Gasteiger partial charge in [-0.25, -0.2) is 9.97 Å². The minimum Gasteiger partial charge on any atom is -0.386 e. The highest BCUT2D eigenvalue weighted by atomic mass is 16.3. The second-order valence-electron chi connectivity index (χ2n) is 7.91. The van der Waals surface area contributed by atoms with E-state index < -0.39 is 5.60 Å². The molecular weight excluding hydrogens is 380 g/mol. The van der Waals surface area contributed by atoms with Crippen LogP contribution in [0.15, 0.2) is 61.6 Å². The van der Waals surface area contributed by atoms with E-state index in [-0.39, 0.29) is 12.5 Å². The summed E-state index contributed by atoms with van der Waals surface area (Å²) in [6, 6.07) is 7.59. The normalized spacial score (nSPS) is 18.9. The third-order valence-electron chi connectivity index (χ3n) is 5.41. The van der Waals surface area contributed by atoms with Crippen molar-refractivity contribution in [2.45, 2.75) is 25.0 Å². The molecule has 0 saturated carbocycles. The number of anilines is 1. The number of likely N-dealkylation sites (N-methyl/N-ethyl adjacent to an activating group) is 1. The molecule has 1 aliphatic rings. The van der Waals surface area contributed by atoms with Crippen molar-refractivity contribution in [3.8, 4) is 0 Å². The van der Waals surface area contributed by atoms with Gasteiger partial charge < -0.3 is 19.5 Å². The molecule has 0 aliphatic carbocycles. The lowest BCUT2D eigenvalue weighted by atomic mass is 9.92. The number of β-amino-alcohol motifs (C(OH)–C–C–N with tert-alkyl or cyclic N) is 1. The van der Waals surface area contributed by atoms with Crippen molar-refractivity contribution < 1.29 is 9.90 Å². The molecule has 3 heterocycles. The molecule has 3 aromatic rings. The van der Waals surface area contributed by atoms with Gasteiger partial charge in [0.1, 0.15) is 5.82 Å². The molecule has 0 spiro atoms. The number of hydrogen-bond acceptors (Lipinski definition) is 6. The van der Waals surface area contributed by atoms with Gasteiger partial charge in [-0.3, -0.25) is 9.78 Å². The number of nitrogens with zero attached hydrogens (tertiary/aromatic N) is 6. The maximum atomic E-state index is 13.0. The number of carbonyl (C=O) groups excluding carboxylic acids is 1. The average Bonchev–Trinajstić information content (AvgIpc) is 3.27. The standard InChI is InChI=1S/C22H26N6O2/c1-26(15-22(30)6-3-10-28(16-22)20-13-23-7-8-25-20)21(29)19-5-2-4-18(12-19)14-27-11-9-24-17-27/h2,4-5,7-9,11-13,17,30H,3,6,10,14-16H2,1H3. The summed E-state index contributed by atoms with van der Waals surface area (Å²) in [5.41, 5.74) is 0.645. The molecule has 0 radical (unpaired) electrons. The highest BCUT2D eigenvalue weighted by molar-refractivity contribution is 5.94. The number of piperidine rings is 1. The Morgan fingerprint density at radius 1 is 1.27 bits per heavy atom. The van der Waals surface area contributed by atoms with Crippen LogP contribution in [0.5, 0.6) is 0 Å². The lowest BCUT2D eigenvalue weighted by molar-refractivity contribution is -0.000146. The minimum absolute atomic E-state index is 0.104. The Morgan fingerprint density at radius 2 is 2.17 bits per heavy atom. The van der Waals surface area contributed by atoms with Gasteiger partial charge >= 0.3 is 0 Å². The van der Waals surface area contributed by atoms with E-state index in [2.05, 4.69) is 15.0 Å². The lowest BCUT2D eigenvalue weighted by Gasteiger charge is -2.41. The van der Waals surface area contributed by atoms with Crippen LogP contribution >= 0.6 is 0 Å². The quantitative estimate of drug-likeness (QED) is 0.672. The number of hydrogen-bond donors (Lipinski definition) is 1. The minimum atomic E-state index is -0.991. The summed E-state index contributed by atoms with van der Waals surface area (Å²) in [4.78, 5) is 29.2. The molecule has 1 aliphatic heterocycles. The van der Waals surface area contributed by atoms with Crippen molar-refractivity contribution in [1.29, 1.82) is 0 Å². The summed E-state index contributed by atoms with van der Waals surface area (Å²) in [5.74, 6) is 0.643. The molecule has 1 aromatic carbocycles. The van der Waals surface area contributed by atoms with Crippen LogP contribution < -0.4 is 4.90 Å². The molecule has 1 atom stereocenters. The number of aromatic nitrogens is 4. The summed E-state index contributed by atoms with van der Waals surface area (Å²) < 4.78 is 1.96. The van der Waals surface area contributed by atoms with E-state index in [1.807, 2.05) is 39.9 Å². The molecule has 30 heavy (non-hydrogen) atoms. The van der Waals surface area contributed by atoms with Crippen molar-refractivity contribution in [1.82, 2.24) is 24.4 Å². The van der Waals surface area contributed by atoms with Crippen molar-refractivity contribution >= 4 is 11.7 Å². The van der Waals surface area contributed by atoms with Gasteiger partial charge in [0.05, 0.1) is 24.7 Å². The van der Waals surface area contributed by atoms with Crippen LogP contribution in [0.3, 0.4) is 0 Å². The summed E-state index contributed by atoms with van der Waals surface area (Å²) in [5, 5.41) is 11.2. The van der Waals surface area contributed by atoms with Crippen LogP contribution in [0.25, 0.3) is 0 Å². The van der Waals surface area contributed by atoms with E-state index in [0.717, 1.165) is 24.3 Å². The largest absolute Gasteiger partial charge is 0.386 e. The fraction of sp³-hybridized carbons (Fsp3) is 0.364. The number of aliphatic hydroxyl groups is 1. The molecule has 1 amide bonds. The van der Waals surface area contributed by atoms with Gasteiger partial charge in [-0.15, -0.1) is 0 Å². The van der Waals surface area contributed by atoms with Crippen molar-refractivity contribution in [3.05, 3.63) is 72.7 Å². The van der Waals surface area contributed by atoms with E-state index in [1.54, 1.807) is 43.1 Å². The zero-order chi connectivity index (χ0) is 21.0. The fourth-order valence-electron chi connectivity index (χ4n) is 4.02. The average molecular weight is 406 g/mol. The van der Waals surface area contributed by atoms with Crippen molar-refractivity contribution in [3.63, 3.8) is 0 Å². The van der Waals surface area contributed by atoms with Gasteiger partial charge in [0.2, 0.25) is 0 Å². The van der Waals surface area contributed by atoms with E-state index >= 15 is 0 Å². The van der Waals surface area contributed by atoms with Crippen LogP contribution in [0, 0.1) is 0 Å². The Bertz CT molecular complexity index is 978. The van der Waals surface area contributed by atoms with Crippen LogP contribution in [0.2, 0.25) is 0 Å². The Kier molecular flexibility index (Phi) is 5.76. The summed E-state index contributed by atoms with van der Waals surface area (Å²) in [6.45, 7) is 2.15. The van der Waals surface area contributed by atoms with Crippen LogP contribution in [0.1, 0.15) is 28.8 Å². The topological polar surface area (TPSA) is 87.4 Å². The first-order valence-corrected chi connectivity index (χ1v) is 10.1. The molecule has 2 aromatic heterocycles. The number of rotatable bonds is 6. The zero-order valence-corrected chi connectivity index (χ0v) is 17.1. The van der Waals surface area contributed by atoms with Gasteiger partial charge in [0.15, 0.2) is 0 Å². The number of imidazole rings is 1. The van der Waals surface area contributed by atoms with Gasteiger partial charge in [-0.2, -0.15) is 0 Å². The molecule has 0 bridgehead atoms. The van der Waals surface area contributed by atoms with E-state index in [4.69, 9.17) is 0 Å². The molecule has 1 fully saturated rings. The summed E-state index contributed by atoms with van der Waals surface area (Å²) in [7, 11) is 1.74. The first kappa shape index (κ1) is 20.0. The predicted molar refractivity (Wildman–Crippen MR) is 113 cm³/mol. The molecule has 8 heteroatoms. The smallest absolute Gasteiger partial charge is 0.253 e. The maximum Gasteiger partial charge on any atom is 0.253 e. The first-order chi connectivity index (χ1) is 14.5. The van der Waals surface area contributed by atoms with Crippen LogP contribution in [-0.2, 0) is 6.54 Å². The van der Waals surface area contributed by atoms with E-state index in [0.29, 0.717) is 25.1 Å². The molecule has 1 N–H and O–H groups in total. The van der Waals surface area contributed by atoms with Crippen molar-refractivity contribution in [2.24, 2.45) is 0 Å². The van der Waals surface area contributed by atoms with Gasteiger partial charge in [-0.05, 0) is 30.5 Å². The fourth-order valence-corrected chi connectivity index (χ4v) is 4.02. The molecule has 1 saturated heterocycles. The highest BCUT2D eigenvalue weighted by Gasteiger charge is 2.36. The third-order valence-corrected chi connectivity index (χ3v) is 5.41.